The van der Waals surface area contributed by atoms with Crippen molar-refractivity contribution >= 4 is 5.91 Å². The number of hydrogen-bond acceptors (Lipinski definition) is 5. The largest absolute Gasteiger partial charge is 0.496 e. The van der Waals surface area contributed by atoms with Gasteiger partial charge in [-0.05, 0) is 24.3 Å². The number of carbonyl (C=O) groups is 1. The normalized spacial score (nSPS) is 10.0. The summed E-state index contributed by atoms with van der Waals surface area (Å²) in [5.41, 5.74) is 2.63. The van der Waals surface area contributed by atoms with E-state index < -0.39 is 5.91 Å². The Morgan fingerprint density at radius 2 is 1.57 bits per heavy atom. The highest BCUT2D eigenvalue weighted by molar-refractivity contribution is 5.99. The number of nitrogens with one attached hydrogen (secondary N) is 1. The minimum Gasteiger partial charge on any atom is -0.496 e. The number of rotatable bonds is 8. The molecule has 6 heteroatoms. The second-order valence-electron chi connectivity index (χ2n) is 4.48. The summed E-state index contributed by atoms with van der Waals surface area (Å²) < 4.78 is 15.8. The summed E-state index contributed by atoms with van der Waals surface area (Å²) in [6.07, 6.45) is 0. The second-order valence-corrected chi connectivity index (χ2v) is 4.48. The van der Waals surface area contributed by atoms with Gasteiger partial charge in [-0.3, -0.25) is 9.63 Å². The van der Waals surface area contributed by atoms with Crippen molar-refractivity contribution in [3.05, 3.63) is 54.1 Å². The van der Waals surface area contributed by atoms with E-state index >= 15 is 0 Å². The lowest BCUT2D eigenvalue weighted by Gasteiger charge is -2.13. The minimum absolute atomic E-state index is 0.206. The van der Waals surface area contributed by atoms with E-state index in [9.17, 15) is 4.79 Å². The van der Waals surface area contributed by atoms with Crippen LogP contribution in [-0.2, 0) is 4.84 Å². The van der Waals surface area contributed by atoms with Crippen LogP contribution in [-0.4, -0.2) is 33.3 Å². The predicted molar refractivity (Wildman–Crippen MR) is 84.9 cm³/mol. The molecule has 2 rings (SSSR count). The van der Waals surface area contributed by atoms with Gasteiger partial charge in [0, 0.05) is 0 Å². The average Bonchev–Trinajstić information content (AvgIpc) is 2.61. The van der Waals surface area contributed by atoms with Gasteiger partial charge in [-0.25, -0.2) is 5.48 Å². The Balaban J connectivity index is 1.83. The fraction of sp³-hybridized carbons (Fsp3) is 0.235. The molecule has 0 fully saturated rings. The van der Waals surface area contributed by atoms with Crippen LogP contribution in [0.1, 0.15) is 10.4 Å². The summed E-state index contributed by atoms with van der Waals surface area (Å²) in [6.45, 7) is 0.519. The molecule has 1 N–H and O–H groups in total. The lowest BCUT2D eigenvalue weighted by Crippen LogP contribution is -2.26. The molecule has 0 aliphatic heterocycles. The summed E-state index contributed by atoms with van der Waals surface area (Å²) in [5, 5.41) is 0. The molecule has 0 heterocycles. The molecule has 0 saturated heterocycles. The number of carbonyl (C=O) groups excluding carboxylic acids is 1. The lowest BCUT2D eigenvalue weighted by atomic mass is 10.1. The van der Waals surface area contributed by atoms with Crippen molar-refractivity contribution in [1.82, 2.24) is 5.48 Å². The Morgan fingerprint density at radius 1 is 0.913 bits per heavy atom. The molecule has 0 radical (unpaired) electrons. The van der Waals surface area contributed by atoms with E-state index in [4.69, 9.17) is 19.0 Å². The molecule has 0 bridgehead atoms. The first-order valence-electron chi connectivity index (χ1n) is 7.07. The van der Waals surface area contributed by atoms with Crippen LogP contribution in [0.2, 0.25) is 0 Å². The fourth-order valence-electron chi connectivity index (χ4n) is 1.96. The number of hydrogen-bond donors (Lipinski definition) is 1. The summed E-state index contributed by atoms with van der Waals surface area (Å²) in [4.78, 5) is 17.3. The van der Waals surface area contributed by atoms with Gasteiger partial charge >= 0.3 is 0 Å². The van der Waals surface area contributed by atoms with E-state index in [1.165, 1.54) is 14.2 Å². The van der Waals surface area contributed by atoms with Crippen LogP contribution in [0.3, 0.4) is 0 Å². The zero-order chi connectivity index (χ0) is 16.5. The van der Waals surface area contributed by atoms with Gasteiger partial charge in [-0.15, -0.1) is 0 Å². The molecular formula is C17H19NO5. The molecular weight excluding hydrogens is 298 g/mol. The highest BCUT2D eigenvalue weighted by Gasteiger charge is 2.18. The van der Waals surface area contributed by atoms with E-state index in [-0.39, 0.29) is 12.2 Å². The average molecular weight is 317 g/mol. The van der Waals surface area contributed by atoms with Gasteiger partial charge in [0.15, 0.2) is 0 Å². The number of hydroxylamine groups is 1. The Bertz CT molecular complexity index is 608. The third-order valence-electron chi connectivity index (χ3n) is 3.02. The summed E-state index contributed by atoms with van der Waals surface area (Å²) in [7, 11) is 2.97. The maximum atomic E-state index is 12.2. The Kier molecular flexibility index (Phi) is 6.26. The topological polar surface area (TPSA) is 66.0 Å². The van der Waals surface area contributed by atoms with Crippen molar-refractivity contribution in [2.24, 2.45) is 0 Å². The standard InChI is InChI=1S/C17H19NO5/c1-20-14-9-6-10-15(21-2)16(14)17(19)18-23-12-11-22-13-7-4-3-5-8-13/h3-10H,11-12H2,1-2H3,(H,18,19). The minimum atomic E-state index is -0.445. The van der Waals surface area contributed by atoms with E-state index in [1.807, 2.05) is 30.3 Å². The second kappa shape index (κ2) is 8.65. The summed E-state index contributed by atoms with van der Waals surface area (Å²) in [5.74, 6) is 1.12. The first-order chi connectivity index (χ1) is 11.3. The number of methoxy groups -OCH3 is 2. The zero-order valence-corrected chi connectivity index (χ0v) is 13.1. The number of ether oxygens (including phenoxy) is 3. The molecule has 23 heavy (non-hydrogen) atoms. The van der Waals surface area contributed by atoms with Crippen LogP contribution in [0, 0.1) is 0 Å². The van der Waals surface area contributed by atoms with Crippen molar-refractivity contribution in [2.45, 2.75) is 0 Å². The summed E-state index contributed by atoms with van der Waals surface area (Å²) >= 11 is 0. The highest BCUT2D eigenvalue weighted by atomic mass is 16.7. The Labute approximate surface area is 134 Å². The quantitative estimate of drug-likeness (QED) is 0.598. The van der Waals surface area contributed by atoms with E-state index in [0.717, 1.165) is 5.75 Å². The molecule has 0 aliphatic rings. The van der Waals surface area contributed by atoms with Crippen molar-refractivity contribution in [3.63, 3.8) is 0 Å². The van der Waals surface area contributed by atoms with Crippen molar-refractivity contribution in [2.75, 3.05) is 27.4 Å². The van der Waals surface area contributed by atoms with Gasteiger partial charge in [0.25, 0.3) is 5.91 Å². The van der Waals surface area contributed by atoms with Crippen LogP contribution in [0.15, 0.2) is 48.5 Å². The highest BCUT2D eigenvalue weighted by Crippen LogP contribution is 2.27. The van der Waals surface area contributed by atoms with E-state index in [2.05, 4.69) is 5.48 Å². The SMILES string of the molecule is COc1cccc(OC)c1C(=O)NOCCOc1ccccc1. The third kappa shape index (κ3) is 4.62. The zero-order valence-electron chi connectivity index (χ0n) is 13.1. The van der Waals surface area contributed by atoms with Crippen LogP contribution < -0.4 is 19.7 Å². The molecule has 0 atom stereocenters. The maximum absolute atomic E-state index is 12.2. The molecule has 0 spiro atoms. The van der Waals surface area contributed by atoms with E-state index in [0.29, 0.717) is 18.1 Å². The fourth-order valence-corrected chi connectivity index (χ4v) is 1.96. The first-order valence-corrected chi connectivity index (χ1v) is 7.07. The predicted octanol–water partition coefficient (Wildman–Crippen LogP) is 2.44. The van der Waals surface area contributed by atoms with Gasteiger partial charge in [0.1, 0.15) is 36.0 Å². The first kappa shape index (κ1) is 16.6. The molecule has 2 aromatic carbocycles. The smallest absolute Gasteiger partial charge is 0.282 e. The van der Waals surface area contributed by atoms with Crippen molar-refractivity contribution < 1.29 is 23.8 Å². The van der Waals surface area contributed by atoms with Gasteiger partial charge in [-0.2, -0.15) is 0 Å². The molecule has 2 aromatic rings. The van der Waals surface area contributed by atoms with E-state index in [1.54, 1.807) is 18.2 Å². The Hall–Kier alpha value is -2.73. The van der Waals surface area contributed by atoms with Crippen LogP contribution in [0.4, 0.5) is 0 Å². The van der Waals surface area contributed by atoms with Crippen LogP contribution in [0.25, 0.3) is 0 Å². The number of para-hydroxylation sites is 1. The maximum Gasteiger partial charge on any atom is 0.282 e. The van der Waals surface area contributed by atoms with Crippen LogP contribution in [0.5, 0.6) is 17.2 Å². The third-order valence-corrected chi connectivity index (χ3v) is 3.02. The van der Waals surface area contributed by atoms with Crippen LogP contribution >= 0.6 is 0 Å². The molecule has 0 aliphatic carbocycles. The monoisotopic (exact) mass is 317 g/mol. The molecule has 6 nitrogen and oxygen atoms in total. The Morgan fingerprint density at radius 3 is 2.17 bits per heavy atom. The van der Waals surface area contributed by atoms with Gasteiger partial charge in [0.05, 0.1) is 14.2 Å². The molecule has 1 amide bonds. The van der Waals surface area contributed by atoms with Crippen molar-refractivity contribution in [1.29, 1.82) is 0 Å². The van der Waals surface area contributed by atoms with Gasteiger partial charge in [0.2, 0.25) is 0 Å². The van der Waals surface area contributed by atoms with Gasteiger partial charge < -0.3 is 14.2 Å². The molecule has 0 unspecified atom stereocenters. The summed E-state index contributed by atoms with van der Waals surface area (Å²) in [6, 6.07) is 14.5. The molecule has 122 valence electrons. The number of benzene rings is 2. The van der Waals surface area contributed by atoms with Crippen molar-refractivity contribution in [3.8, 4) is 17.2 Å². The molecule has 0 saturated carbocycles. The molecule has 0 aromatic heterocycles. The van der Waals surface area contributed by atoms with Gasteiger partial charge in [-0.1, -0.05) is 24.3 Å². The number of amides is 1. The lowest BCUT2D eigenvalue weighted by molar-refractivity contribution is 0.0196.